The highest BCUT2D eigenvalue weighted by Gasteiger charge is 2.25. The van der Waals surface area contributed by atoms with E-state index in [0.717, 1.165) is 10.2 Å². The Bertz CT molecular complexity index is 361. The van der Waals surface area contributed by atoms with Crippen molar-refractivity contribution in [2.24, 2.45) is 0 Å². The number of halogens is 2. The van der Waals surface area contributed by atoms with Crippen LogP contribution in [0.5, 0.6) is 0 Å². The topological polar surface area (TPSA) is 41.5 Å². The fraction of sp³-hybridized carbons (Fsp3) is 0.400. The fourth-order valence-electron chi connectivity index (χ4n) is 1.48. The van der Waals surface area contributed by atoms with Gasteiger partial charge in [0.25, 0.3) is 0 Å². The predicted octanol–water partition coefficient (Wildman–Crippen LogP) is 2.27. The quantitative estimate of drug-likeness (QED) is 0.879. The van der Waals surface area contributed by atoms with E-state index < -0.39 is 6.10 Å². The normalized spacial score (nSPS) is 25.5. The van der Waals surface area contributed by atoms with Gasteiger partial charge < -0.3 is 15.2 Å². The molecule has 0 spiro atoms. The third-order valence-corrected chi connectivity index (χ3v) is 3.55. The molecule has 1 saturated heterocycles. The van der Waals surface area contributed by atoms with Gasteiger partial charge in [-0.3, -0.25) is 0 Å². The van der Waals surface area contributed by atoms with E-state index in [-0.39, 0.29) is 6.04 Å². The molecule has 1 aromatic rings. The molecule has 2 atom stereocenters. The minimum atomic E-state index is -0.451. The van der Waals surface area contributed by atoms with Crippen LogP contribution in [0, 0.1) is 0 Å². The average Bonchev–Trinajstić information content (AvgIpc) is 2.59. The van der Waals surface area contributed by atoms with Crippen molar-refractivity contribution in [1.29, 1.82) is 0 Å². The van der Waals surface area contributed by atoms with Crippen LogP contribution < -0.4 is 5.32 Å². The number of rotatable bonds is 2. The molecule has 2 N–H and O–H groups in total. The Morgan fingerprint density at radius 1 is 1.47 bits per heavy atom. The lowest BCUT2D eigenvalue weighted by atomic mass is 10.2. The first-order valence-corrected chi connectivity index (χ1v) is 5.81. The molecule has 3 nitrogen and oxygen atoms in total. The van der Waals surface area contributed by atoms with Crippen molar-refractivity contribution in [2.75, 3.05) is 18.5 Å². The summed E-state index contributed by atoms with van der Waals surface area (Å²) in [6.45, 7) is 0.913. The highest BCUT2D eigenvalue weighted by molar-refractivity contribution is 9.10. The van der Waals surface area contributed by atoms with Gasteiger partial charge in [0, 0.05) is 10.2 Å². The van der Waals surface area contributed by atoms with E-state index >= 15 is 0 Å². The highest BCUT2D eigenvalue weighted by atomic mass is 79.9. The van der Waals surface area contributed by atoms with E-state index in [1.165, 1.54) is 0 Å². The van der Waals surface area contributed by atoms with Gasteiger partial charge in [-0.05, 0) is 34.1 Å². The molecule has 1 fully saturated rings. The molecule has 15 heavy (non-hydrogen) atoms. The second-order valence-corrected chi connectivity index (χ2v) is 4.75. The molecule has 0 aromatic heterocycles. The van der Waals surface area contributed by atoms with Crippen LogP contribution in [0.4, 0.5) is 5.69 Å². The lowest BCUT2D eigenvalue weighted by Gasteiger charge is -2.16. The Labute approximate surface area is 102 Å². The lowest BCUT2D eigenvalue weighted by Crippen LogP contribution is -2.31. The number of hydrogen-bond acceptors (Lipinski definition) is 3. The van der Waals surface area contributed by atoms with Crippen molar-refractivity contribution in [3.05, 3.63) is 27.7 Å². The molecule has 82 valence electrons. The minimum Gasteiger partial charge on any atom is -0.388 e. The molecule has 1 aliphatic heterocycles. The number of ether oxygens (including phenoxy) is 1. The molecule has 0 bridgehead atoms. The highest BCUT2D eigenvalue weighted by Crippen LogP contribution is 2.26. The van der Waals surface area contributed by atoms with Crippen LogP contribution in [0.1, 0.15) is 0 Å². The van der Waals surface area contributed by atoms with Gasteiger partial charge in [-0.25, -0.2) is 0 Å². The van der Waals surface area contributed by atoms with Gasteiger partial charge in [-0.1, -0.05) is 11.6 Å². The molecule has 2 rings (SSSR count). The van der Waals surface area contributed by atoms with Crippen LogP contribution in [0.15, 0.2) is 22.7 Å². The summed E-state index contributed by atoms with van der Waals surface area (Å²) in [5.74, 6) is 0. The van der Waals surface area contributed by atoms with E-state index in [0.29, 0.717) is 18.2 Å². The predicted molar refractivity (Wildman–Crippen MR) is 63.4 cm³/mol. The molecule has 0 radical (unpaired) electrons. The van der Waals surface area contributed by atoms with Crippen LogP contribution in [0.25, 0.3) is 0 Å². The van der Waals surface area contributed by atoms with Crippen molar-refractivity contribution in [3.8, 4) is 0 Å². The summed E-state index contributed by atoms with van der Waals surface area (Å²) in [7, 11) is 0. The third-order valence-electron chi connectivity index (χ3n) is 2.32. The summed E-state index contributed by atoms with van der Waals surface area (Å²) >= 11 is 9.28. The lowest BCUT2D eigenvalue weighted by molar-refractivity contribution is 0.125. The Balaban J connectivity index is 2.07. The van der Waals surface area contributed by atoms with Crippen molar-refractivity contribution in [2.45, 2.75) is 12.1 Å². The van der Waals surface area contributed by atoms with Gasteiger partial charge in [-0.15, -0.1) is 0 Å². The first-order valence-electron chi connectivity index (χ1n) is 4.64. The minimum absolute atomic E-state index is 0.0535. The Morgan fingerprint density at radius 3 is 2.87 bits per heavy atom. The monoisotopic (exact) mass is 291 g/mol. The Kier molecular flexibility index (Phi) is 3.51. The maximum atomic E-state index is 9.54. The molecule has 1 heterocycles. The van der Waals surface area contributed by atoms with E-state index in [1.807, 2.05) is 18.2 Å². The summed E-state index contributed by atoms with van der Waals surface area (Å²) in [4.78, 5) is 0. The van der Waals surface area contributed by atoms with Gasteiger partial charge >= 0.3 is 0 Å². The molecular formula is C10H11BrClNO2. The maximum absolute atomic E-state index is 9.54. The van der Waals surface area contributed by atoms with Crippen molar-refractivity contribution >= 4 is 33.2 Å². The van der Waals surface area contributed by atoms with Gasteiger partial charge in [0.1, 0.15) is 0 Å². The number of hydrogen-bond donors (Lipinski definition) is 2. The zero-order valence-corrected chi connectivity index (χ0v) is 10.3. The summed E-state index contributed by atoms with van der Waals surface area (Å²) in [6, 6.07) is 5.53. The smallest absolute Gasteiger partial charge is 0.0996 e. The van der Waals surface area contributed by atoms with Crippen molar-refractivity contribution < 1.29 is 9.84 Å². The van der Waals surface area contributed by atoms with Crippen LogP contribution in [0.3, 0.4) is 0 Å². The second kappa shape index (κ2) is 4.70. The van der Waals surface area contributed by atoms with Crippen molar-refractivity contribution in [3.63, 3.8) is 0 Å². The zero-order valence-electron chi connectivity index (χ0n) is 7.91. The first kappa shape index (κ1) is 11.2. The molecule has 0 saturated carbocycles. The summed E-state index contributed by atoms with van der Waals surface area (Å²) < 4.78 is 6.00. The van der Waals surface area contributed by atoms with Gasteiger partial charge in [0.05, 0.1) is 30.4 Å². The molecule has 5 heteroatoms. The fourth-order valence-corrected chi connectivity index (χ4v) is 1.91. The van der Waals surface area contributed by atoms with Crippen LogP contribution >= 0.6 is 27.5 Å². The van der Waals surface area contributed by atoms with Crippen LogP contribution in [-0.2, 0) is 4.74 Å². The van der Waals surface area contributed by atoms with E-state index in [4.69, 9.17) is 16.3 Å². The van der Waals surface area contributed by atoms with E-state index in [9.17, 15) is 5.11 Å². The van der Waals surface area contributed by atoms with E-state index in [1.54, 1.807) is 0 Å². The molecule has 1 aromatic carbocycles. The zero-order chi connectivity index (χ0) is 10.8. The van der Waals surface area contributed by atoms with Crippen LogP contribution in [-0.4, -0.2) is 30.5 Å². The molecular weight excluding hydrogens is 281 g/mol. The standard InChI is InChI=1S/C10H11BrClNO2/c11-7-2-1-6(3-8(7)12)13-9-4-15-5-10(9)14/h1-3,9-10,13-14H,4-5H2. The SMILES string of the molecule is OC1COCC1Nc1ccc(Br)c(Cl)c1. The molecule has 0 aliphatic carbocycles. The molecule has 2 unspecified atom stereocenters. The summed E-state index contributed by atoms with van der Waals surface area (Å²) in [6.07, 6.45) is -0.451. The van der Waals surface area contributed by atoms with Crippen LogP contribution in [0.2, 0.25) is 5.02 Å². The average molecular weight is 293 g/mol. The first-order chi connectivity index (χ1) is 7.16. The summed E-state index contributed by atoms with van der Waals surface area (Å²) in [5.41, 5.74) is 0.887. The Morgan fingerprint density at radius 2 is 2.27 bits per heavy atom. The summed E-state index contributed by atoms with van der Waals surface area (Å²) in [5, 5.41) is 13.4. The van der Waals surface area contributed by atoms with E-state index in [2.05, 4.69) is 21.2 Å². The number of nitrogens with one attached hydrogen (secondary N) is 1. The molecule has 0 amide bonds. The Hall–Kier alpha value is -0.290. The number of aliphatic hydroxyl groups excluding tert-OH is 1. The molecule has 1 aliphatic rings. The maximum Gasteiger partial charge on any atom is 0.0996 e. The number of benzene rings is 1. The van der Waals surface area contributed by atoms with Gasteiger partial charge in [0.15, 0.2) is 0 Å². The van der Waals surface area contributed by atoms with Gasteiger partial charge in [0.2, 0.25) is 0 Å². The largest absolute Gasteiger partial charge is 0.388 e. The van der Waals surface area contributed by atoms with Crippen molar-refractivity contribution in [1.82, 2.24) is 0 Å². The number of aliphatic hydroxyl groups is 1. The third kappa shape index (κ3) is 2.64. The second-order valence-electron chi connectivity index (χ2n) is 3.48. The number of anilines is 1. The van der Waals surface area contributed by atoms with Gasteiger partial charge in [-0.2, -0.15) is 0 Å².